The van der Waals surface area contributed by atoms with Crippen molar-refractivity contribution in [2.24, 2.45) is 0 Å². The second-order valence-electron chi connectivity index (χ2n) is 4.49. The van der Waals surface area contributed by atoms with Crippen molar-refractivity contribution in [3.8, 4) is 0 Å². The minimum Gasteiger partial charge on any atom is -0.351 e. The second-order valence-corrected chi connectivity index (χ2v) is 5.40. The summed E-state index contributed by atoms with van der Waals surface area (Å²) in [5.41, 5.74) is 0.560. The van der Waals surface area contributed by atoms with Gasteiger partial charge in [0.1, 0.15) is 5.82 Å². The SMILES string of the molecule is O=C(NCc1cc(F)cc(Br)c1)C1CC(F)(F)CN1. The monoisotopic (exact) mass is 336 g/mol. The Balaban J connectivity index is 1.90. The van der Waals surface area contributed by atoms with E-state index in [0.717, 1.165) is 0 Å². The van der Waals surface area contributed by atoms with Gasteiger partial charge in [-0.25, -0.2) is 13.2 Å². The van der Waals surface area contributed by atoms with Crippen molar-refractivity contribution in [3.05, 3.63) is 34.1 Å². The number of carbonyl (C=O) groups is 1. The lowest BCUT2D eigenvalue weighted by Crippen LogP contribution is -2.40. The first-order valence-corrected chi connectivity index (χ1v) is 6.49. The van der Waals surface area contributed by atoms with Crippen molar-refractivity contribution in [1.29, 1.82) is 0 Å². The Bertz CT molecular complexity index is 476. The van der Waals surface area contributed by atoms with Gasteiger partial charge in [-0.3, -0.25) is 10.1 Å². The van der Waals surface area contributed by atoms with Crippen LogP contribution in [0.2, 0.25) is 0 Å². The van der Waals surface area contributed by atoms with Crippen LogP contribution in [0.5, 0.6) is 0 Å². The van der Waals surface area contributed by atoms with E-state index in [2.05, 4.69) is 26.6 Å². The van der Waals surface area contributed by atoms with E-state index in [-0.39, 0.29) is 6.54 Å². The van der Waals surface area contributed by atoms with Gasteiger partial charge in [-0.1, -0.05) is 15.9 Å². The van der Waals surface area contributed by atoms with Crippen LogP contribution in [0.3, 0.4) is 0 Å². The molecule has 2 N–H and O–H groups in total. The van der Waals surface area contributed by atoms with Crippen LogP contribution in [0.25, 0.3) is 0 Å². The number of hydrogen-bond acceptors (Lipinski definition) is 2. The number of benzene rings is 1. The van der Waals surface area contributed by atoms with Crippen molar-refractivity contribution < 1.29 is 18.0 Å². The molecule has 1 amide bonds. The molecule has 1 atom stereocenters. The van der Waals surface area contributed by atoms with Gasteiger partial charge in [0.15, 0.2) is 0 Å². The van der Waals surface area contributed by atoms with Crippen LogP contribution in [-0.4, -0.2) is 24.4 Å². The minimum atomic E-state index is -2.84. The fourth-order valence-corrected chi connectivity index (χ4v) is 2.44. The van der Waals surface area contributed by atoms with E-state index in [4.69, 9.17) is 0 Å². The summed E-state index contributed by atoms with van der Waals surface area (Å²) >= 11 is 3.14. The third-order valence-corrected chi connectivity index (χ3v) is 3.27. The Morgan fingerprint density at radius 2 is 2.21 bits per heavy atom. The van der Waals surface area contributed by atoms with E-state index in [1.807, 2.05) is 0 Å². The highest BCUT2D eigenvalue weighted by Gasteiger charge is 2.42. The number of nitrogens with one attached hydrogen (secondary N) is 2. The average Bonchev–Trinajstić information content (AvgIpc) is 2.65. The summed E-state index contributed by atoms with van der Waals surface area (Å²) in [7, 11) is 0. The second kappa shape index (κ2) is 5.50. The summed E-state index contributed by atoms with van der Waals surface area (Å²) in [5.74, 6) is -3.77. The van der Waals surface area contributed by atoms with Crippen LogP contribution >= 0.6 is 15.9 Å². The highest BCUT2D eigenvalue weighted by molar-refractivity contribution is 9.10. The van der Waals surface area contributed by atoms with Crippen LogP contribution in [0.1, 0.15) is 12.0 Å². The molecule has 2 rings (SSSR count). The lowest BCUT2D eigenvalue weighted by Gasteiger charge is -2.11. The first-order valence-electron chi connectivity index (χ1n) is 5.70. The molecule has 0 aliphatic carbocycles. The lowest BCUT2D eigenvalue weighted by molar-refractivity contribution is -0.123. The largest absolute Gasteiger partial charge is 0.351 e. The van der Waals surface area contributed by atoms with Gasteiger partial charge in [0, 0.05) is 17.4 Å². The standard InChI is InChI=1S/C12H12BrF3N2O/c13-8-1-7(2-9(14)3-8)5-17-11(19)10-4-12(15,16)6-18-10/h1-3,10,18H,4-6H2,(H,17,19). The molecule has 104 valence electrons. The Hall–Kier alpha value is -1.08. The number of hydrogen-bond donors (Lipinski definition) is 2. The van der Waals surface area contributed by atoms with Crippen molar-refractivity contribution in [2.45, 2.75) is 24.9 Å². The van der Waals surface area contributed by atoms with Crippen molar-refractivity contribution in [2.75, 3.05) is 6.54 Å². The third-order valence-electron chi connectivity index (χ3n) is 2.82. The zero-order valence-corrected chi connectivity index (χ0v) is 11.4. The topological polar surface area (TPSA) is 41.1 Å². The van der Waals surface area contributed by atoms with Gasteiger partial charge in [0.2, 0.25) is 5.91 Å². The molecule has 3 nitrogen and oxygen atoms in total. The summed E-state index contributed by atoms with van der Waals surface area (Å²) in [4.78, 5) is 11.7. The van der Waals surface area contributed by atoms with Gasteiger partial charge >= 0.3 is 0 Å². The number of carbonyl (C=O) groups excluding carboxylic acids is 1. The minimum absolute atomic E-state index is 0.0962. The van der Waals surface area contributed by atoms with Gasteiger partial charge in [-0.2, -0.15) is 0 Å². The molecule has 1 aliphatic rings. The summed E-state index contributed by atoms with van der Waals surface area (Å²) in [6.07, 6.45) is -0.508. The molecule has 1 aromatic rings. The molecule has 1 saturated heterocycles. The highest BCUT2D eigenvalue weighted by atomic mass is 79.9. The fraction of sp³-hybridized carbons (Fsp3) is 0.417. The molecule has 7 heteroatoms. The van der Waals surface area contributed by atoms with Gasteiger partial charge in [0.25, 0.3) is 5.92 Å². The van der Waals surface area contributed by atoms with Gasteiger partial charge < -0.3 is 5.32 Å². The Kier molecular flexibility index (Phi) is 4.15. The summed E-state index contributed by atoms with van der Waals surface area (Å²) in [6.45, 7) is -0.393. The molecule has 1 fully saturated rings. The van der Waals surface area contributed by atoms with Crippen LogP contribution < -0.4 is 10.6 Å². The first-order chi connectivity index (χ1) is 8.85. The Labute approximate surface area is 116 Å². The molecular formula is C12H12BrF3N2O. The molecule has 1 unspecified atom stereocenters. The summed E-state index contributed by atoms with van der Waals surface area (Å²) in [5, 5.41) is 4.97. The number of rotatable bonds is 3. The molecule has 1 heterocycles. The normalized spacial score (nSPS) is 21.4. The van der Waals surface area contributed by atoms with E-state index in [1.54, 1.807) is 6.07 Å². The highest BCUT2D eigenvalue weighted by Crippen LogP contribution is 2.25. The maximum absolute atomic E-state index is 13.1. The lowest BCUT2D eigenvalue weighted by atomic mass is 10.1. The quantitative estimate of drug-likeness (QED) is 0.888. The molecule has 0 bridgehead atoms. The van der Waals surface area contributed by atoms with Crippen LogP contribution in [0.15, 0.2) is 22.7 Å². The van der Waals surface area contributed by atoms with E-state index in [9.17, 15) is 18.0 Å². The number of amides is 1. The molecule has 0 aromatic heterocycles. The Morgan fingerprint density at radius 3 is 2.79 bits per heavy atom. The molecule has 1 aromatic carbocycles. The number of halogens is 4. The first kappa shape index (κ1) is 14.3. The molecule has 0 radical (unpaired) electrons. The third kappa shape index (κ3) is 3.94. The summed E-state index contributed by atoms with van der Waals surface area (Å²) < 4.78 is 39.5. The zero-order valence-electron chi connectivity index (χ0n) is 9.85. The van der Waals surface area contributed by atoms with Gasteiger partial charge in [-0.15, -0.1) is 0 Å². The van der Waals surface area contributed by atoms with E-state index in [0.29, 0.717) is 10.0 Å². The maximum atomic E-state index is 13.1. The zero-order chi connectivity index (χ0) is 14.0. The van der Waals surface area contributed by atoms with Crippen LogP contribution in [0.4, 0.5) is 13.2 Å². The predicted molar refractivity (Wildman–Crippen MR) is 67.3 cm³/mol. The van der Waals surface area contributed by atoms with E-state index in [1.165, 1.54) is 12.1 Å². The molecule has 0 saturated carbocycles. The summed E-state index contributed by atoms with van der Waals surface area (Å²) in [6, 6.07) is 3.33. The van der Waals surface area contributed by atoms with Crippen molar-refractivity contribution >= 4 is 21.8 Å². The number of alkyl halides is 2. The van der Waals surface area contributed by atoms with Crippen LogP contribution in [-0.2, 0) is 11.3 Å². The molecule has 19 heavy (non-hydrogen) atoms. The van der Waals surface area contributed by atoms with Crippen molar-refractivity contribution in [3.63, 3.8) is 0 Å². The molecule has 1 aliphatic heterocycles. The smallest absolute Gasteiger partial charge is 0.262 e. The van der Waals surface area contributed by atoms with Gasteiger partial charge in [-0.05, 0) is 23.8 Å². The molecular weight excluding hydrogens is 325 g/mol. The Morgan fingerprint density at radius 1 is 1.47 bits per heavy atom. The fourth-order valence-electron chi connectivity index (χ4n) is 1.93. The van der Waals surface area contributed by atoms with E-state index >= 15 is 0 Å². The van der Waals surface area contributed by atoms with Crippen LogP contribution in [0, 0.1) is 5.82 Å². The molecule has 0 spiro atoms. The van der Waals surface area contributed by atoms with Gasteiger partial charge in [0.05, 0.1) is 12.6 Å². The maximum Gasteiger partial charge on any atom is 0.262 e. The van der Waals surface area contributed by atoms with E-state index < -0.39 is 36.7 Å². The average molecular weight is 337 g/mol. The predicted octanol–water partition coefficient (Wildman–Crippen LogP) is 2.20. The van der Waals surface area contributed by atoms with Crippen molar-refractivity contribution in [1.82, 2.24) is 10.6 Å².